The van der Waals surface area contributed by atoms with E-state index in [1.165, 1.54) is 0 Å². The summed E-state index contributed by atoms with van der Waals surface area (Å²) in [7, 11) is 0. The number of hydrogen-bond donors (Lipinski definition) is 2. The Labute approximate surface area is 113 Å². The largest absolute Gasteiger partial charge is 0.481 e. The predicted octanol–water partition coefficient (Wildman–Crippen LogP) is 1.79. The summed E-state index contributed by atoms with van der Waals surface area (Å²) in [6, 6.07) is 7.57. The van der Waals surface area contributed by atoms with Crippen LogP contribution in [0, 0.1) is 6.92 Å². The van der Waals surface area contributed by atoms with Gasteiger partial charge in [0.15, 0.2) is 6.10 Å². The molecule has 2 N–H and O–H groups in total. The number of nitrogens with one attached hydrogen (secondary N) is 1. The van der Waals surface area contributed by atoms with Crippen LogP contribution in [0.1, 0.15) is 31.7 Å². The highest BCUT2D eigenvalue weighted by Crippen LogP contribution is 2.30. The van der Waals surface area contributed by atoms with Crippen LogP contribution in [0.25, 0.3) is 0 Å². The number of hydrogen-bond acceptors (Lipinski definition) is 3. The molecule has 0 saturated heterocycles. The van der Waals surface area contributed by atoms with Crippen molar-refractivity contribution in [3.05, 3.63) is 29.8 Å². The molecule has 4 nitrogen and oxygen atoms in total. The fourth-order valence-electron chi connectivity index (χ4n) is 2.03. The van der Waals surface area contributed by atoms with E-state index in [1.54, 1.807) is 6.92 Å². The first kappa shape index (κ1) is 13.9. The third-order valence-electron chi connectivity index (χ3n) is 3.58. The number of benzene rings is 1. The number of aryl methyl sites for hydroxylation is 1. The standard InChI is InChI=1S/C15H21NO3/c1-11-4-6-13(7-5-11)19-12(2)14(17)16-10-15(18)8-3-9-15/h4-7,12,18H,3,8-10H2,1-2H3,(H,16,17). The van der Waals surface area contributed by atoms with Crippen LogP contribution in [0.2, 0.25) is 0 Å². The Bertz CT molecular complexity index is 437. The van der Waals surface area contributed by atoms with Gasteiger partial charge in [-0.05, 0) is 45.2 Å². The van der Waals surface area contributed by atoms with Crippen molar-refractivity contribution in [1.82, 2.24) is 5.32 Å². The molecule has 0 radical (unpaired) electrons. The van der Waals surface area contributed by atoms with Crippen molar-refractivity contribution in [2.45, 2.75) is 44.8 Å². The monoisotopic (exact) mass is 263 g/mol. The maximum Gasteiger partial charge on any atom is 0.260 e. The van der Waals surface area contributed by atoms with Crippen molar-refractivity contribution in [2.24, 2.45) is 0 Å². The molecule has 0 aliphatic heterocycles. The summed E-state index contributed by atoms with van der Waals surface area (Å²) in [5.41, 5.74) is 0.454. The summed E-state index contributed by atoms with van der Waals surface area (Å²) in [5.74, 6) is 0.483. The molecule has 0 bridgehead atoms. The van der Waals surface area contributed by atoms with Crippen LogP contribution in [0.4, 0.5) is 0 Å². The molecule has 1 amide bonds. The second-order valence-corrected chi connectivity index (χ2v) is 5.37. The van der Waals surface area contributed by atoms with Crippen molar-refractivity contribution in [3.8, 4) is 5.75 Å². The van der Waals surface area contributed by atoms with Crippen LogP contribution in [0.5, 0.6) is 5.75 Å². The van der Waals surface area contributed by atoms with E-state index in [1.807, 2.05) is 31.2 Å². The Balaban J connectivity index is 1.80. The normalized spacial score (nSPS) is 18.3. The molecule has 1 aromatic carbocycles. The topological polar surface area (TPSA) is 58.6 Å². The fraction of sp³-hybridized carbons (Fsp3) is 0.533. The van der Waals surface area contributed by atoms with E-state index in [0.29, 0.717) is 12.3 Å². The quantitative estimate of drug-likeness (QED) is 0.851. The lowest BCUT2D eigenvalue weighted by atomic mass is 9.80. The smallest absolute Gasteiger partial charge is 0.260 e. The number of ether oxygens (including phenoxy) is 1. The van der Waals surface area contributed by atoms with E-state index in [4.69, 9.17) is 4.74 Å². The summed E-state index contributed by atoms with van der Waals surface area (Å²) in [5, 5.41) is 12.6. The van der Waals surface area contributed by atoms with Gasteiger partial charge in [-0.15, -0.1) is 0 Å². The third-order valence-corrected chi connectivity index (χ3v) is 3.58. The number of rotatable bonds is 5. The molecule has 19 heavy (non-hydrogen) atoms. The zero-order valence-electron chi connectivity index (χ0n) is 11.5. The molecular weight excluding hydrogens is 242 g/mol. The minimum Gasteiger partial charge on any atom is -0.481 e. The third kappa shape index (κ3) is 3.70. The number of amides is 1. The van der Waals surface area contributed by atoms with Gasteiger partial charge in [0.1, 0.15) is 5.75 Å². The van der Waals surface area contributed by atoms with Crippen molar-refractivity contribution in [1.29, 1.82) is 0 Å². The minimum atomic E-state index is -0.695. The van der Waals surface area contributed by atoms with Gasteiger partial charge in [0, 0.05) is 6.54 Å². The van der Waals surface area contributed by atoms with Gasteiger partial charge < -0.3 is 15.2 Å². The Kier molecular flexibility index (Phi) is 4.10. The van der Waals surface area contributed by atoms with Crippen molar-refractivity contribution in [3.63, 3.8) is 0 Å². The van der Waals surface area contributed by atoms with Crippen LogP contribution in [-0.2, 0) is 4.79 Å². The Hall–Kier alpha value is -1.55. The summed E-state index contributed by atoms with van der Waals surface area (Å²) < 4.78 is 5.55. The number of aliphatic hydroxyl groups is 1. The van der Waals surface area contributed by atoms with E-state index < -0.39 is 11.7 Å². The first-order valence-corrected chi connectivity index (χ1v) is 6.72. The second-order valence-electron chi connectivity index (χ2n) is 5.37. The Morgan fingerprint density at radius 2 is 2.05 bits per heavy atom. The Morgan fingerprint density at radius 1 is 1.42 bits per heavy atom. The summed E-state index contributed by atoms with van der Waals surface area (Å²) in [6.07, 6.45) is 1.99. The fourth-order valence-corrected chi connectivity index (χ4v) is 2.03. The van der Waals surface area contributed by atoms with Crippen LogP contribution in [-0.4, -0.2) is 29.3 Å². The molecule has 1 saturated carbocycles. The number of carbonyl (C=O) groups excluding carboxylic acids is 1. The summed E-state index contributed by atoms with van der Waals surface area (Å²) in [6.45, 7) is 4.02. The highest BCUT2D eigenvalue weighted by Gasteiger charge is 2.34. The molecule has 2 rings (SSSR count). The van der Waals surface area contributed by atoms with Crippen LogP contribution in [0.15, 0.2) is 24.3 Å². The maximum absolute atomic E-state index is 11.9. The molecule has 0 aromatic heterocycles. The summed E-state index contributed by atoms with van der Waals surface area (Å²) >= 11 is 0. The average molecular weight is 263 g/mol. The van der Waals surface area contributed by atoms with Crippen LogP contribution in [0.3, 0.4) is 0 Å². The molecule has 104 valence electrons. The molecule has 1 atom stereocenters. The van der Waals surface area contributed by atoms with Crippen molar-refractivity contribution < 1.29 is 14.6 Å². The lowest BCUT2D eigenvalue weighted by Gasteiger charge is -2.36. The zero-order valence-corrected chi connectivity index (χ0v) is 11.5. The Morgan fingerprint density at radius 3 is 2.58 bits per heavy atom. The molecule has 1 aromatic rings. The second kappa shape index (κ2) is 5.61. The minimum absolute atomic E-state index is 0.194. The molecule has 4 heteroatoms. The van der Waals surface area contributed by atoms with Gasteiger partial charge in [-0.3, -0.25) is 4.79 Å². The van der Waals surface area contributed by atoms with Crippen LogP contribution < -0.4 is 10.1 Å². The lowest BCUT2D eigenvalue weighted by molar-refractivity contribution is -0.129. The molecule has 1 unspecified atom stereocenters. The zero-order chi connectivity index (χ0) is 13.9. The molecule has 1 fully saturated rings. The lowest BCUT2D eigenvalue weighted by Crippen LogP contribution is -2.50. The van der Waals surface area contributed by atoms with Crippen molar-refractivity contribution >= 4 is 5.91 Å². The highest BCUT2D eigenvalue weighted by atomic mass is 16.5. The molecular formula is C15H21NO3. The van der Waals surface area contributed by atoms with Gasteiger partial charge in [-0.1, -0.05) is 17.7 Å². The number of carbonyl (C=O) groups is 1. The van der Waals surface area contributed by atoms with E-state index in [2.05, 4.69) is 5.32 Å². The van der Waals surface area contributed by atoms with E-state index in [-0.39, 0.29) is 5.91 Å². The van der Waals surface area contributed by atoms with E-state index in [9.17, 15) is 9.90 Å². The highest BCUT2D eigenvalue weighted by molar-refractivity contribution is 5.80. The van der Waals surface area contributed by atoms with Gasteiger partial charge >= 0.3 is 0 Å². The molecule has 0 spiro atoms. The van der Waals surface area contributed by atoms with Crippen molar-refractivity contribution in [2.75, 3.05) is 6.54 Å². The average Bonchev–Trinajstić information content (AvgIpc) is 2.36. The van der Waals surface area contributed by atoms with E-state index >= 15 is 0 Å². The summed E-state index contributed by atoms with van der Waals surface area (Å²) in [4.78, 5) is 11.9. The SMILES string of the molecule is Cc1ccc(OC(C)C(=O)NCC2(O)CCC2)cc1. The molecule has 1 aliphatic carbocycles. The van der Waals surface area contributed by atoms with Gasteiger partial charge in [0.25, 0.3) is 5.91 Å². The van der Waals surface area contributed by atoms with E-state index in [0.717, 1.165) is 24.8 Å². The van der Waals surface area contributed by atoms with Gasteiger partial charge in [0.05, 0.1) is 5.60 Å². The predicted molar refractivity (Wildman–Crippen MR) is 73.1 cm³/mol. The molecule has 0 heterocycles. The first-order chi connectivity index (χ1) is 8.98. The van der Waals surface area contributed by atoms with Crippen LogP contribution >= 0.6 is 0 Å². The first-order valence-electron chi connectivity index (χ1n) is 6.72. The van der Waals surface area contributed by atoms with Gasteiger partial charge in [0.2, 0.25) is 0 Å². The molecule has 1 aliphatic rings. The maximum atomic E-state index is 11.9. The van der Waals surface area contributed by atoms with Gasteiger partial charge in [-0.2, -0.15) is 0 Å². The van der Waals surface area contributed by atoms with Gasteiger partial charge in [-0.25, -0.2) is 0 Å².